The van der Waals surface area contributed by atoms with Crippen molar-refractivity contribution in [1.82, 2.24) is 0 Å². The molecule has 0 aliphatic rings. The summed E-state index contributed by atoms with van der Waals surface area (Å²) in [5.41, 5.74) is 0. The molecule has 3 aromatic rings. The van der Waals surface area contributed by atoms with Gasteiger partial charge >= 0.3 is 0 Å². The topological polar surface area (TPSA) is 37.3 Å². The van der Waals surface area contributed by atoms with Gasteiger partial charge in [-0.15, -0.1) is 0 Å². The molecule has 0 bridgehead atoms. The molecule has 0 fully saturated rings. The van der Waals surface area contributed by atoms with Crippen molar-refractivity contribution in [2.45, 2.75) is 25.9 Å². The highest BCUT2D eigenvalue weighted by Gasteiger charge is 2.41. The minimum atomic E-state index is -3.00. The zero-order valence-corrected chi connectivity index (χ0v) is 14.5. The zero-order valence-electron chi connectivity index (χ0n) is 13.7. The lowest BCUT2D eigenvalue weighted by molar-refractivity contribution is 0.484. The monoisotopic (exact) mass is 324 g/mol. The van der Waals surface area contributed by atoms with Crippen LogP contribution in [-0.4, -0.2) is 10.3 Å². The summed E-state index contributed by atoms with van der Waals surface area (Å²) in [6.45, 7) is 5.90. The zero-order chi connectivity index (χ0) is 16.7. The minimum Gasteiger partial charge on any atom is -0.507 e. The average molecular weight is 324 g/mol. The van der Waals surface area contributed by atoms with E-state index in [2.05, 4.69) is 0 Å². The van der Waals surface area contributed by atoms with Crippen molar-refractivity contribution in [1.29, 1.82) is 0 Å². The number of phenolic OH excluding ortho intramolecular Hbond substituents is 1. The molecule has 3 heteroatoms. The van der Waals surface area contributed by atoms with Crippen LogP contribution in [0.2, 0.25) is 0 Å². The number of aromatic hydroxyl groups is 1. The fraction of sp³-hybridized carbons (Fsp3) is 0.200. The first-order chi connectivity index (χ1) is 10.9. The van der Waals surface area contributed by atoms with Crippen LogP contribution in [0.3, 0.4) is 0 Å². The molecule has 0 saturated heterocycles. The standard InChI is InChI=1S/C20H21O2P/c1-20(2,3)23(22,16-10-5-4-6-11-16)18-14-13-15-9-7-8-12-17(15)19(18)21/h4-14,21H,1-3H3. The summed E-state index contributed by atoms with van der Waals surface area (Å²) in [7, 11) is -3.00. The Morgan fingerprint density at radius 1 is 0.826 bits per heavy atom. The summed E-state index contributed by atoms with van der Waals surface area (Å²) < 4.78 is 14.1. The Hall–Kier alpha value is -2.05. The predicted molar refractivity (Wildman–Crippen MR) is 98.7 cm³/mol. The van der Waals surface area contributed by atoms with Gasteiger partial charge in [-0.2, -0.15) is 0 Å². The molecular formula is C20H21O2P. The molecule has 0 spiro atoms. The van der Waals surface area contributed by atoms with Crippen LogP contribution in [0.25, 0.3) is 10.8 Å². The average Bonchev–Trinajstić information content (AvgIpc) is 2.54. The first-order valence-corrected chi connectivity index (χ1v) is 9.43. The van der Waals surface area contributed by atoms with Crippen LogP contribution in [0.4, 0.5) is 0 Å². The second-order valence-electron chi connectivity index (χ2n) is 6.77. The predicted octanol–water partition coefficient (Wildman–Crippen LogP) is 4.66. The molecule has 0 heterocycles. The second-order valence-corrected chi connectivity index (χ2v) is 10.3. The summed E-state index contributed by atoms with van der Waals surface area (Å²) in [6.07, 6.45) is 0. The lowest BCUT2D eigenvalue weighted by Gasteiger charge is -2.32. The van der Waals surface area contributed by atoms with Crippen molar-refractivity contribution in [2.24, 2.45) is 0 Å². The summed E-state index contributed by atoms with van der Waals surface area (Å²) in [5, 5.41) is 13.3. The highest BCUT2D eigenvalue weighted by atomic mass is 31.2. The van der Waals surface area contributed by atoms with Gasteiger partial charge in [0, 0.05) is 15.8 Å². The highest BCUT2D eigenvalue weighted by Crippen LogP contribution is 2.57. The van der Waals surface area contributed by atoms with E-state index in [1.54, 1.807) is 0 Å². The van der Waals surface area contributed by atoms with Crippen molar-refractivity contribution >= 4 is 28.5 Å². The summed E-state index contributed by atoms with van der Waals surface area (Å²) in [5.74, 6) is 0.130. The molecule has 23 heavy (non-hydrogen) atoms. The summed E-state index contributed by atoms with van der Waals surface area (Å²) in [6, 6.07) is 20.9. The Bertz CT molecular complexity index is 892. The molecule has 3 aromatic carbocycles. The largest absolute Gasteiger partial charge is 0.507 e. The summed E-state index contributed by atoms with van der Waals surface area (Å²) in [4.78, 5) is 0. The Balaban J connectivity index is 2.36. The Labute approximate surface area is 137 Å². The molecule has 0 aliphatic carbocycles. The van der Waals surface area contributed by atoms with Crippen molar-refractivity contribution in [3.63, 3.8) is 0 Å². The van der Waals surface area contributed by atoms with Gasteiger partial charge in [0.1, 0.15) is 5.75 Å². The number of hydrogen-bond donors (Lipinski definition) is 1. The van der Waals surface area contributed by atoms with Crippen LogP contribution >= 0.6 is 7.14 Å². The molecular weight excluding hydrogens is 303 g/mol. The molecule has 3 rings (SSSR count). The van der Waals surface area contributed by atoms with E-state index in [1.165, 1.54) is 0 Å². The maximum Gasteiger partial charge on any atom is 0.151 e. The third kappa shape index (κ3) is 2.48. The van der Waals surface area contributed by atoms with Gasteiger partial charge in [-0.1, -0.05) is 81.4 Å². The van der Waals surface area contributed by atoms with Crippen LogP contribution < -0.4 is 10.6 Å². The fourth-order valence-corrected chi connectivity index (χ4v) is 6.09. The van der Waals surface area contributed by atoms with E-state index in [4.69, 9.17) is 0 Å². The molecule has 1 N–H and O–H groups in total. The van der Waals surface area contributed by atoms with E-state index in [0.29, 0.717) is 5.30 Å². The van der Waals surface area contributed by atoms with Crippen molar-refractivity contribution in [3.05, 3.63) is 66.7 Å². The van der Waals surface area contributed by atoms with Crippen molar-refractivity contribution in [3.8, 4) is 5.75 Å². The van der Waals surface area contributed by atoms with Crippen LogP contribution in [0.1, 0.15) is 20.8 Å². The maximum absolute atomic E-state index is 14.1. The number of benzene rings is 3. The minimum absolute atomic E-state index is 0.130. The van der Waals surface area contributed by atoms with Crippen LogP contribution in [0.5, 0.6) is 5.75 Å². The molecule has 0 radical (unpaired) electrons. The van der Waals surface area contributed by atoms with Gasteiger partial charge in [-0.25, -0.2) is 0 Å². The molecule has 0 saturated carbocycles. The molecule has 0 aliphatic heterocycles. The van der Waals surface area contributed by atoms with Crippen LogP contribution in [-0.2, 0) is 4.57 Å². The third-order valence-electron chi connectivity index (χ3n) is 4.28. The van der Waals surface area contributed by atoms with Gasteiger partial charge in [0.2, 0.25) is 0 Å². The van der Waals surface area contributed by atoms with E-state index >= 15 is 0 Å². The molecule has 2 nitrogen and oxygen atoms in total. The van der Waals surface area contributed by atoms with Gasteiger partial charge in [0.25, 0.3) is 0 Å². The normalized spacial score (nSPS) is 14.6. The number of phenols is 1. The van der Waals surface area contributed by atoms with Gasteiger partial charge in [-0.3, -0.25) is 0 Å². The first kappa shape index (κ1) is 15.8. The van der Waals surface area contributed by atoms with Gasteiger partial charge in [0.15, 0.2) is 7.14 Å². The van der Waals surface area contributed by atoms with E-state index in [1.807, 2.05) is 87.5 Å². The smallest absolute Gasteiger partial charge is 0.151 e. The number of fused-ring (bicyclic) bond motifs is 1. The van der Waals surface area contributed by atoms with E-state index in [9.17, 15) is 9.67 Å². The van der Waals surface area contributed by atoms with Gasteiger partial charge in [0.05, 0.1) is 5.30 Å². The fourth-order valence-electron chi connectivity index (χ4n) is 3.02. The Morgan fingerprint density at radius 2 is 1.43 bits per heavy atom. The number of rotatable bonds is 2. The van der Waals surface area contributed by atoms with Crippen LogP contribution in [0.15, 0.2) is 66.7 Å². The van der Waals surface area contributed by atoms with E-state index < -0.39 is 12.3 Å². The Morgan fingerprint density at radius 3 is 2.09 bits per heavy atom. The molecule has 1 unspecified atom stereocenters. The quantitative estimate of drug-likeness (QED) is 0.696. The molecule has 0 amide bonds. The maximum atomic E-state index is 14.1. The van der Waals surface area contributed by atoms with Crippen molar-refractivity contribution < 1.29 is 9.67 Å². The molecule has 118 valence electrons. The van der Waals surface area contributed by atoms with Gasteiger partial charge < -0.3 is 9.67 Å². The van der Waals surface area contributed by atoms with E-state index in [-0.39, 0.29) is 5.75 Å². The number of hydrogen-bond acceptors (Lipinski definition) is 2. The Kier molecular flexibility index (Phi) is 3.82. The lowest BCUT2D eigenvalue weighted by atomic mass is 10.1. The summed E-state index contributed by atoms with van der Waals surface area (Å²) >= 11 is 0. The van der Waals surface area contributed by atoms with E-state index in [0.717, 1.165) is 16.1 Å². The van der Waals surface area contributed by atoms with Gasteiger partial charge in [-0.05, 0) is 11.5 Å². The lowest BCUT2D eigenvalue weighted by Crippen LogP contribution is -2.30. The second kappa shape index (κ2) is 5.54. The molecule has 1 atom stereocenters. The SMILES string of the molecule is CC(C)(C)P(=O)(c1ccccc1)c1ccc2ccccc2c1O. The third-order valence-corrected chi connectivity index (χ3v) is 8.24. The molecule has 0 aromatic heterocycles. The van der Waals surface area contributed by atoms with Crippen LogP contribution in [0, 0.1) is 0 Å². The first-order valence-electron chi connectivity index (χ1n) is 7.73. The van der Waals surface area contributed by atoms with Crippen molar-refractivity contribution in [2.75, 3.05) is 0 Å². The highest BCUT2D eigenvalue weighted by molar-refractivity contribution is 7.80.